The Bertz CT molecular complexity index is 321. The number of nitrogens with two attached hydrogens (primary N) is 1. The first-order chi connectivity index (χ1) is 7.88. The molecule has 0 heterocycles. The van der Waals surface area contributed by atoms with Gasteiger partial charge in [-0.1, -0.05) is 0 Å². The van der Waals surface area contributed by atoms with Crippen molar-refractivity contribution in [1.82, 2.24) is 4.90 Å². The molecule has 0 aromatic heterocycles. The second-order valence-corrected chi connectivity index (χ2v) is 5.90. The van der Waals surface area contributed by atoms with E-state index in [1.165, 1.54) is 4.90 Å². The van der Waals surface area contributed by atoms with E-state index in [0.717, 1.165) is 0 Å². The van der Waals surface area contributed by atoms with Gasteiger partial charge in [0.05, 0.1) is 12.0 Å². The lowest BCUT2D eigenvalue weighted by Gasteiger charge is -2.40. The zero-order valence-electron chi connectivity index (χ0n) is 12.0. The fourth-order valence-electron chi connectivity index (χ4n) is 1.25. The van der Waals surface area contributed by atoms with Gasteiger partial charge >= 0.3 is 12.1 Å². The molecule has 0 rings (SSSR count). The highest BCUT2D eigenvalue weighted by molar-refractivity contribution is 5.70. The van der Waals surface area contributed by atoms with Crippen molar-refractivity contribution in [3.63, 3.8) is 0 Å². The van der Waals surface area contributed by atoms with Gasteiger partial charge in [0.25, 0.3) is 0 Å². The lowest BCUT2D eigenvalue weighted by atomic mass is 9.91. The third-order valence-corrected chi connectivity index (χ3v) is 2.83. The molecule has 0 spiro atoms. The second kappa shape index (κ2) is 5.56. The van der Waals surface area contributed by atoms with Crippen LogP contribution in [-0.2, 0) is 9.53 Å². The van der Waals surface area contributed by atoms with Crippen LogP contribution in [0.3, 0.4) is 0 Å². The number of carbonyl (C=O) groups excluding carboxylic acids is 1. The summed E-state index contributed by atoms with van der Waals surface area (Å²) in [5.74, 6) is -0.992. The quantitative estimate of drug-likeness (QED) is 0.797. The third-order valence-electron chi connectivity index (χ3n) is 2.83. The van der Waals surface area contributed by atoms with Gasteiger partial charge in [0, 0.05) is 13.1 Å². The molecule has 6 nitrogen and oxygen atoms in total. The van der Waals surface area contributed by atoms with Gasteiger partial charge in [0.2, 0.25) is 0 Å². The summed E-state index contributed by atoms with van der Waals surface area (Å²) in [6, 6.07) is -0.674. The second-order valence-electron chi connectivity index (χ2n) is 5.90. The van der Waals surface area contributed by atoms with E-state index in [1.807, 2.05) is 0 Å². The molecule has 0 aliphatic carbocycles. The van der Waals surface area contributed by atoms with Crippen molar-refractivity contribution < 1.29 is 19.4 Å². The third kappa shape index (κ3) is 4.91. The number of rotatable bonds is 4. The molecule has 0 saturated heterocycles. The van der Waals surface area contributed by atoms with Crippen LogP contribution in [0.15, 0.2) is 0 Å². The van der Waals surface area contributed by atoms with Crippen molar-refractivity contribution in [2.24, 2.45) is 5.73 Å². The number of ether oxygens (including phenoxy) is 1. The Kier molecular flexibility index (Phi) is 5.16. The molecule has 18 heavy (non-hydrogen) atoms. The predicted octanol–water partition coefficient (Wildman–Crippen LogP) is 1.43. The van der Waals surface area contributed by atoms with Crippen LogP contribution >= 0.6 is 0 Å². The molecule has 1 amide bonds. The molecule has 0 aliphatic heterocycles. The van der Waals surface area contributed by atoms with E-state index in [-0.39, 0.29) is 6.42 Å². The Morgan fingerprint density at radius 2 is 1.72 bits per heavy atom. The molecule has 1 unspecified atom stereocenters. The summed E-state index contributed by atoms with van der Waals surface area (Å²) in [5.41, 5.74) is 4.42. The van der Waals surface area contributed by atoms with Crippen LogP contribution in [0, 0.1) is 0 Å². The molecule has 106 valence electrons. The molecule has 0 bridgehead atoms. The van der Waals surface area contributed by atoms with Gasteiger partial charge in [-0.3, -0.25) is 4.79 Å². The Hall–Kier alpha value is -1.30. The van der Waals surface area contributed by atoms with E-state index in [9.17, 15) is 9.59 Å². The number of amides is 1. The summed E-state index contributed by atoms with van der Waals surface area (Å²) in [4.78, 5) is 23.9. The van der Waals surface area contributed by atoms with Crippen LogP contribution in [0.5, 0.6) is 0 Å². The maximum absolute atomic E-state index is 11.9. The zero-order chi connectivity index (χ0) is 14.7. The first kappa shape index (κ1) is 16.7. The number of likely N-dealkylation sites (N-methyl/N-ethyl adjacent to an activating group) is 1. The summed E-state index contributed by atoms with van der Waals surface area (Å²) in [6.07, 6.45) is -0.728. The first-order valence-corrected chi connectivity index (χ1v) is 5.82. The monoisotopic (exact) mass is 260 g/mol. The molecular formula is C12H24N2O4. The Morgan fingerprint density at radius 1 is 1.28 bits per heavy atom. The minimum Gasteiger partial charge on any atom is -0.481 e. The Morgan fingerprint density at radius 3 is 2.06 bits per heavy atom. The number of carboxylic acids is 1. The van der Waals surface area contributed by atoms with Gasteiger partial charge in [-0.05, 0) is 34.6 Å². The molecule has 0 fully saturated rings. The van der Waals surface area contributed by atoms with Crippen LogP contribution in [0.1, 0.15) is 41.0 Å². The van der Waals surface area contributed by atoms with Crippen LogP contribution in [0.4, 0.5) is 4.79 Å². The van der Waals surface area contributed by atoms with Crippen LogP contribution in [0.2, 0.25) is 0 Å². The minimum atomic E-state index is -0.992. The topological polar surface area (TPSA) is 92.9 Å². The first-order valence-electron chi connectivity index (χ1n) is 5.82. The van der Waals surface area contributed by atoms with Gasteiger partial charge in [-0.25, -0.2) is 4.79 Å². The van der Waals surface area contributed by atoms with Gasteiger partial charge in [0.15, 0.2) is 0 Å². The van der Waals surface area contributed by atoms with E-state index < -0.39 is 29.2 Å². The number of hydrogen-bond donors (Lipinski definition) is 2. The number of carboxylic acid groups (broad SMARTS) is 1. The zero-order valence-corrected chi connectivity index (χ0v) is 12.0. The molecular weight excluding hydrogens is 236 g/mol. The number of hydrogen-bond acceptors (Lipinski definition) is 4. The largest absolute Gasteiger partial charge is 0.481 e. The maximum atomic E-state index is 11.9. The van der Waals surface area contributed by atoms with Crippen molar-refractivity contribution >= 4 is 12.1 Å². The SMILES string of the molecule is CN(C(=O)OC(C)(C)C)C(C)(C)C(N)CC(=O)O. The smallest absolute Gasteiger partial charge is 0.410 e. The molecule has 3 N–H and O–H groups in total. The highest BCUT2D eigenvalue weighted by atomic mass is 16.6. The van der Waals surface area contributed by atoms with Crippen molar-refractivity contribution in [2.45, 2.75) is 58.2 Å². The van der Waals surface area contributed by atoms with E-state index >= 15 is 0 Å². The normalized spacial score (nSPS) is 13.9. The molecule has 0 aromatic carbocycles. The molecule has 0 radical (unpaired) electrons. The predicted molar refractivity (Wildman–Crippen MR) is 68.3 cm³/mol. The molecule has 1 atom stereocenters. The van der Waals surface area contributed by atoms with Gasteiger partial charge in [-0.2, -0.15) is 0 Å². The van der Waals surface area contributed by atoms with Crippen LogP contribution in [-0.4, -0.2) is 46.3 Å². The summed E-state index contributed by atoms with van der Waals surface area (Å²) in [7, 11) is 1.55. The maximum Gasteiger partial charge on any atom is 0.410 e. The average Bonchev–Trinajstić information content (AvgIpc) is 2.12. The van der Waals surface area contributed by atoms with E-state index in [1.54, 1.807) is 41.7 Å². The van der Waals surface area contributed by atoms with Crippen LogP contribution < -0.4 is 5.73 Å². The van der Waals surface area contributed by atoms with Crippen molar-refractivity contribution in [3.05, 3.63) is 0 Å². The highest BCUT2D eigenvalue weighted by Gasteiger charge is 2.37. The van der Waals surface area contributed by atoms with Crippen molar-refractivity contribution in [2.75, 3.05) is 7.05 Å². The van der Waals surface area contributed by atoms with Crippen molar-refractivity contribution in [3.8, 4) is 0 Å². The van der Waals surface area contributed by atoms with E-state index in [0.29, 0.717) is 0 Å². The lowest BCUT2D eigenvalue weighted by Crippen LogP contribution is -2.57. The fourth-order valence-corrected chi connectivity index (χ4v) is 1.25. The van der Waals surface area contributed by atoms with E-state index in [4.69, 9.17) is 15.6 Å². The summed E-state index contributed by atoms with van der Waals surface area (Å²) < 4.78 is 5.22. The van der Waals surface area contributed by atoms with Gasteiger partial charge in [-0.15, -0.1) is 0 Å². The highest BCUT2D eigenvalue weighted by Crippen LogP contribution is 2.21. The standard InChI is InChI=1S/C12H24N2O4/c1-11(2,3)18-10(17)14(6)12(4,5)8(13)7-9(15)16/h8H,7,13H2,1-6H3,(H,15,16). The molecule has 6 heteroatoms. The fraction of sp³-hybridized carbons (Fsp3) is 0.833. The Labute approximate surface area is 108 Å². The molecule has 0 aromatic rings. The molecule has 0 saturated carbocycles. The summed E-state index contributed by atoms with van der Waals surface area (Å²) in [6.45, 7) is 8.73. The summed E-state index contributed by atoms with van der Waals surface area (Å²) in [5, 5.41) is 8.74. The molecule has 0 aliphatic rings. The lowest BCUT2D eigenvalue weighted by molar-refractivity contribution is -0.138. The minimum absolute atomic E-state index is 0.208. The number of nitrogens with zero attached hydrogens (tertiary/aromatic N) is 1. The van der Waals surface area contributed by atoms with Crippen LogP contribution in [0.25, 0.3) is 0 Å². The van der Waals surface area contributed by atoms with Gasteiger partial charge < -0.3 is 20.5 Å². The Balaban J connectivity index is 4.78. The average molecular weight is 260 g/mol. The number of aliphatic carboxylic acids is 1. The van der Waals surface area contributed by atoms with Crippen molar-refractivity contribution in [1.29, 1.82) is 0 Å². The summed E-state index contributed by atoms with van der Waals surface area (Å²) >= 11 is 0. The van der Waals surface area contributed by atoms with Gasteiger partial charge in [0.1, 0.15) is 5.60 Å². The number of carbonyl (C=O) groups is 2. The van der Waals surface area contributed by atoms with E-state index in [2.05, 4.69) is 0 Å².